The number of methoxy groups -OCH3 is 1. The van der Waals surface area contributed by atoms with Gasteiger partial charge in [-0.05, 0) is 36.5 Å². The Balaban J connectivity index is 3.13. The van der Waals surface area contributed by atoms with Crippen LogP contribution in [0.3, 0.4) is 0 Å². The molecule has 6 nitrogen and oxygen atoms in total. The Morgan fingerprint density at radius 1 is 1.10 bits per heavy atom. The third-order valence-electron chi connectivity index (χ3n) is 7.84. The molecule has 1 rings (SSSR count). The van der Waals surface area contributed by atoms with Crippen LogP contribution in [0.2, 0.25) is 0 Å². The molecule has 0 aromatic carbocycles. The van der Waals surface area contributed by atoms with Gasteiger partial charge in [0.25, 0.3) is 0 Å². The van der Waals surface area contributed by atoms with E-state index < -0.39 is 31.7 Å². The summed E-state index contributed by atoms with van der Waals surface area (Å²) in [6, 6.07) is 0. The van der Waals surface area contributed by atoms with E-state index in [-0.39, 0.29) is 24.9 Å². The van der Waals surface area contributed by atoms with E-state index in [0.717, 1.165) is 12.8 Å². The van der Waals surface area contributed by atoms with Crippen LogP contribution in [-0.4, -0.2) is 49.6 Å². The lowest BCUT2D eigenvalue weighted by molar-refractivity contribution is -0.112. The molecule has 1 saturated heterocycles. The van der Waals surface area contributed by atoms with E-state index >= 15 is 0 Å². The Morgan fingerprint density at radius 2 is 1.67 bits per heavy atom. The quantitative estimate of drug-likeness (QED) is 0.362. The van der Waals surface area contributed by atoms with E-state index in [1.165, 1.54) is 0 Å². The van der Waals surface area contributed by atoms with Gasteiger partial charge in [-0.3, -0.25) is 4.57 Å². The van der Waals surface area contributed by atoms with Gasteiger partial charge in [-0.25, -0.2) is 0 Å². The predicted molar refractivity (Wildman–Crippen MR) is 122 cm³/mol. The minimum absolute atomic E-state index is 0.188. The molecule has 7 heteroatoms. The fourth-order valence-electron chi connectivity index (χ4n) is 4.63. The van der Waals surface area contributed by atoms with Crippen molar-refractivity contribution in [1.82, 2.24) is 0 Å². The predicted octanol–water partition coefficient (Wildman–Crippen LogP) is 5.72. The van der Waals surface area contributed by atoms with Crippen molar-refractivity contribution >= 4 is 7.60 Å². The molecule has 0 aliphatic carbocycles. The maximum atomic E-state index is 13.6. The van der Waals surface area contributed by atoms with Gasteiger partial charge < -0.3 is 23.6 Å². The highest BCUT2D eigenvalue weighted by Gasteiger charge is 2.48. The molecule has 1 aliphatic rings. The highest BCUT2D eigenvalue weighted by Crippen LogP contribution is 2.56. The third-order valence-corrected chi connectivity index (χ3v) is 9.22. The molecule has 0 aromatic rings. The molecule has 10 unspecified atom stereocenters. The highest BCUT2D eigenvalue weighted by molar-refractivity contribution is 7.53. The van der Waals surface area contributed by atoms with Crippen molar-refractivity contribution in [3.8, 4) is 0 Å². The molecule has 1 heterocycles. The molecule has 0 saturated carbocycles. The first-order valence-electron chi connectivity index (χ1n) is 11.6. The van der Waals surface area contributed by atoms with Gasteiger partial charge in [0.1, 0.15) is 12.2 Å². The summed E-state index contributed by atoms with van der Waals surface area (Å²) in [5, 5.41) is 9.88. The SMILES string of the molecule is CCC(C)C(C)C(C)C(C)(OP(C)(=O)OC1CC(O)OC1COC)C(C)C(C)CC. The van der Waals surface area contributed by atoms with Gasteiger partial charge in [-0.2, -0.15) is 0 Å². The van der Waals surface area contributed by atoms with Crippen LogP contribution in [0.4, 0.5) is 0 Å². The highest BCUT2D eigenvalue weighted by atomic mass is 31.2. The van der Waals surface area contributed by atoms with Crippen LogP contribution >= 0.6 is 7.60 Å². The molecule has 0 spiro atoms. The van der Waals surface area contributed by atoms with Gasteiger partial charge in [0.05, 0.1) is 12.2 Å². The van der Waals surface area contributed by atoms with Crippen molar-refractivity contribution in [2.24, 2.45) is 29.6 Å². The minimum Gasteiger partial charge on any atom is -0.382 e. The fourth-order valence-corrected chi connectivity index (χ4v) is 6.43. The first-order chi connectivity index (χ1) is 13.8. The first-order valence-corrected chi connectivity index (χ1v) is 13.6. The van der Waals surface area contributed by atoms with Crippen LogP contribution in [0, 0.1) is 29.6 Å². The summed E-state index contributed by atoms with van der Waals surface area (Å²) in [6.07, 6.45) is 0.446. The topological polar surface area (TPSA) is 74.2 Å². The number of aliphatic hydroxyl groups is 1. The zero-order chi connectivity index (χ0) is 23.3. The Bertz CT molecular complexity index is 558. The normalized spacial score (nSPS) is 31.4. The van der Waals surface area contributed by atoms with E-state index in [4.69, 9.17) is 18.5 Å². The van der Waals surface area contributed by atoms with Crippen LogP contribution in [0.25, 0.3) is 0 Å². The Labute approximate surface area is 184 Å². The lowest BCUT2D eigenvalue weighted by atomic mass is 9.67. The van der Waals surface area contributed by atoms with Gasteiger partial charge in [0, 0.05) is 20.2 Å². The second-order valence-electron chi connectivity index (χ2n) is 9.72. The van der Waals surface area contributed by atoms with Crippen molar-refractivity contribution < 1.29 is 28.2 Å². The van der Waals surface area contributed by atoms with Gasteiger partial charge in [0.15, 0.2) is 6.29 Å². The zero-order valence-electron chi connectivity index (χ0n) is 20.9. The second kappa shape index (κ2) is 11.8. The summed E-state index contributed by atoms with van der Waals surface area (Å²) in [4.78, 5) is 0. The van der Waals surface area contributed by atoms with E-state index in [1.54, 1.807) is 13.8 Å². The van der Waals surface area contributed by atoms with E-state index in [2.05, 4.69) is 55.4 Å². The van der Waals surface area contributed by atoms with Gasteiger partial charge in [-0.1, -0.05) is 61.3 Å². The average Bonchev–Trinajstić information content (AvgIpc) is 3.02. The first kappa shape index (κ1) is 28.1. The summed E-state index contributed by atoms with van der Waals surface area (Å²) >= 11 is 0. The molecule has 1 aliphatic heterocycles. The van der Waals surface area contributed by atoms with E-state index in [9.17, 15) is 9.67 Å². The molecule has 10 atom stereocenters. The van der Waals surface area contributed by atoms with Crippen LogP contribution < -0.4 is 0 Å². The Morgan fingerprint density at radius 3 is 2.17 bits per heavy atom. The fraction of sp³-hybridized carbons (Fsp3) is 1.00. The smallest absolute Gasteiger partial charge is 0.328 e. The van der Waals surface area contributed by atoms with Crippen LogP contribution in [0.5, 0.6) is 0 Å². The van der Waals surface area contributed by atoms with Crippen LogP contribution in [0.1, 0.15) is 74.7 Å². The molecule has 0 bridgehead atoms. The number of aliphatic hydroxyl groups excluding tert-OH is 1. The number of rotatable bonds is 13. The molecule has 0 aromatic heterocycles. The van der Waals surface area contributed by atoms with E-state index in [1.807, 2.05) is 0 Å². The summed E-state index contributed by atoms with van der Waals surface area (Å²) in [6.45, 7) is 19.5. The monoisotopic (exact) mass is 450 g/mol. The molecular formula is C23H47O6P. The summed E-state index contributed by atoms with van der Waals surface area (Å²) in [5.74, 6) is 1.74. The second-order valence-corrected chi connectivity index (χ2v) is 11.7. The maximum absolute atomic E-state index is 13.6. The Kier molecular flexibility index (Phi) is 11.0. The lowest BCUT2D eigenvalue weighted by Crippen LogP contribution is -2.48. The van der Waals surface area contributed by atoms with Crippen LogP contribution in [0.15, 0.2) is 0 Å². The van der Waals surface area contributed by atoms with Crippen molar-refractivity contribution in [3.63, 3.8) is 0 Å². The molecule has 0 amide bonds. The minimum atomic E-state index is -3.43. The summed E-state index contributed by atoms with van der Waals surface area (Å²) in [5.41, 5.74) is -0.614. The molecule has 1 N–H and O–H groups in total. The lowest BCUT2D eigenvalue weighted by Gasteiger charge is -2.47. The number of ether oxygens (including phenoxy) is 2. The molecular weight excluding hydrogens is 403 g/mol. The zero-order valence-corrected chi connectivity index (χ0v) is 21.8. The number of hydrogen-bond donors (Lipinski definition) is 1. The third kappa shape index (κ3) is 7.02. The van der Waals surface area contributed by atoms with Crippen molar-refractivity contribution in [1.29, 1.82) is 0 Å². The summed E-state index contributed by atoms with van der Waals surface area (Å²) in [7, 11) is -1.87. The van der Waals surface area contributed by atoms with Crippen molar-refractivity contribution in [3.05, 3.63) is 0 Å². The van der Waals surface area contributed by atoms with Gasteiger partial charge >= 0.3 is 7.60 Å². The maximum Gasteiger partial charge on any atom is 0.328 e. The van der Waals surface area contributed by atoms with Gasteiger partial charge in [0.2, 0.25) is 0 Å². The van der Waals surface area contributed by atoms with Crippen molar-refractivity contribution in [2.75, 3.05) is 20.4 Å². The molecule has 1 fully saturated rings. The number of hydrogen-bond acceptors (Lipinski definition) is 6. The Hall–Kier alpha value is 0.0300. The molecule has 30 heavy (non-hydrogen) atoms. The standard InChI is InChI=1S/C23H47O6P/c1-11-15(3)17(5)19(7)23(8,18(6)16(4)12-2)29-30(10,25)28-20-13-22(24)27-21(20)14-26-9/h15-22,24H,11-14H2,1-10H3. The van der Waals surface area contributed by atoms with Gasteiger partial charge in [-0.15, -0.1) is 0 Å². The average molecular weight is 451 g/mol. The summed E-state index contributed by atoms with van der Waals surface area (Å²) < 4.78 is 36.7. The molecule has 0 radical (unpaired) electrons. The van der Waals surface area contributed by atoms with Crippen LogP contribution in [-0.2, 0) is 23.1 Å². The van der Waals surface area contributed by atoms with Crippen molar-refractivity contribution in [2.45, 2.75) is 98.8 Å². The molecule has 180 valence electrons. The largest absolute Gasteiger partial charge is 0.382 e. The van der Waals surface area contributed by atoms with E-state index in [0.29, 0.717) is 17.8 Å².